The van der Waals surface area contributed by atoms with Crippen molar-refractivity contribution in [2.75, 3.05) is 5.73 Å². The van der Waals surface area contributed by atoms with Crippen LogP contribution in [0.3, 0.4) is 0 Å². The number of nitrogens with zero attached hydrogens (tertiary/aromatic N) is 1. The molecule has 2 aromatic carbocycles. The monoisotopic (exact) mass is 302 g/mol. The number of hydrogen-bond acceptors (Lipinski definition) is 3. The topological polar surface area (TPSA) is 63.4 Å². The molecule has 0 bridgehead atoms. The summed E-state index contributed by atoms with van der Waals surface area (Å²) in [6.45, 7) is 4.42. The molecule has 0 aliphatic carbocycles. The fourth-order valence-electron chi connectivity index (χ4n) is 2.84. The van der Waals surface area contributed by atoms with Gasteiger partial charge in [0.25, 0.3) is 0 Å². The summed E-state index contributed by atoms with van der Waals surface area (Å²) >= 11 is 0. The summed E-state index contributed by atoms with van der Waals surface area (Å²) in [7, 11) is -3.54. The molecule has 0 atom stereocenters. The van der Waals surface area contributed by atoms with Crippen LogP contribution >= 0.6 is 0 Å². The molecule has 1 aliphatic heterocycles. The molecule has 0 saturated carbocycles. The first kappa shape index (κ1) is 14.1. The lowest BCUT2D eigenvalue weighted by Crippen LogP contribution is -2.27. The predicted molar refractivity (Wildman–Crippen MR) is 83.2 cm³/mol. The smallest absolute Gasteiger partial charge is 0.244 e. The molecule has 21 heavy (non-hydrogen) atoms. The minimum absolute atomic E-state index is 0.343. The van der Waals surface area contributed by atoms with Gasteiger partial charge in [-0.25, -0.2) is 8.42 Å². The quantitative estimate of drug-likeness (QED) is 0.867. The highest BCUT2D eigenvalue weighted by atomic mass is 32.2. The third kappa shape index (κ3) is 2.22. The summed E-state index contributed by atoms with van der Waals surface area (Å²) in [5.74, 6) is 0. The highest BCUT2D eigenvalue weighted by Crippen LogP contribution is 2.32. The van der Waals surface area contributed by atoms with Crippen molar-refractivity contribution in [2.24, 2.45) is 0 Å². The number of anilines is 1. The van der Waals surface area contributed by atoms with E-state index in [1.165, 1.54) is 4.31 Å². The molecule has 2 N–H and O–H groups in total. The molecule has 1 aliphatic rings. The van der Waals surface area contributed by atoms with Crippen molar-refractivity contribution in [1.29, 1.82) is 0 Å². The van der Waals surface area contributed by atoms with Crippen LogP contribution in [-0.4, -0.2) is 12.7 Å². The molecule has 1 heterocycles. The Labute approximate surface area is 125 Å². The zero-order valence-electron chi connectivity index (χ0n) is 12.1. The highest BCUT2D eigenvalue weighted by molar-refractivity contribution is 7.89. The predicted octanol–water partition coefficient (Wildman–Crippen LogP) is 2.59. The Bertz CT molecular complexity index is 788. The van der Waals surface area contributed by atoms with Crippen LogP contribution in [-0.2, 0) is 23.1 Å². The number of nitrogens with two attached hydrogens (primary N) is 1. The molecule has 0 fully saturated rings. The van der Waals surface area contributed by atoms with Crippen LogP contribution in [0.1, 0.15) is 22.3 Å². The van der Waals surface area contributed by atoms with Gasteiger partial charge >= 0.3 is 0 Å². The highest BCUT2D eigenvalue weighted by Gasteiger charge is 2.32. The van der Waals surface area contributed by atoms with Crippen LogP contribution in [0.15, 0.2) is 41.3 Å². The Hall–Kier alpha value is -1.85. The zero-order valence-corrected chi connectivity index (χ0v) is 12.9. The van der Waals surface area contributed by atoms with Crippen molar-refractivity contribution < 1.29 is 8.42 Å². The molecule has 3 rings (SSSR count). The first-order valence-corrected chi connectivity index (χ1v) is 8.28. The summed E-state index contributed by atoms with van der Waals surface area (Å²) in [6, 6.07) is 11.3. The second-order valence-corrected chi connectivity index (χ2v) is 7.34. The van der Waals surface area contributed by atoms with Gasteiger partial charge < -0.3 is 5.73 Å². The van der Waals surface area contributed by atoms with Crippen LogP contribution in [0.4, 0.5) is 5.69 Å². The van der Waals surface area contributed by atoms with E-state index in [1.807, 2.05) is 31.2 Å². The van der Waals surface area contributed by atoms with E-state index < -0.39 is 10.0 Å². The van der Waals surface area contributed by atoms with Gasteiger partial charge in [0.1, 0.15) is 0 Å². The van der Waals surface area contributed by atoms with E-state index in [2.05, 4.69) is 0 Å². The Kier molecular flexibility index (Phi) is 3.26. The van der Waals surface area contributed by atoms with E-state index in [9.17, 15) is 8.42 Å². The molecule has 0 radical (unpaired) electrons. The second kappa shape index (κ2) is 4.86. The van der Waals surface area contributed by atoms with Crippen molar-refractivity contribution in [3.63, 3.8) is 0 Å². The average Bonchev–Trinajstić information content (AvgIpc) is 2.88. The zero-order chi connectivity index (χ0) is 15.2. The molecule has 0 aromatic heterocycles. The van der Waals surface area contributed by atoms with Gasteiger partial charge in [-0.15, -0.1) is 0 Å². The second-order valence-electron chi connectivity index (χ2n) is 5.47. The Morgan fingerprint density at radius 1 is 1.00 bits per heavy atom. The maximum atomic E-state index is 13.0. The lowest BCUT2D eigenvalue weighted by molar-refractivity contribution is 0.431. The average molecular weight is 302 g/mol. The van der Waals surface area contributed by atoms with Gasteiger partial charge in [0.15, 0.2) is 0 Å². The lowest BCUT2D eigenvalue weighted by Gasteiger charge is -2.19. The maximum Gasteiger partial charge on any atom is 0.244 e. The number of hydrogen-bond donors (Lipinski definition) is 1. The van der Waals surface area contributed by atoms with E-state index in [1.54, 1.807) is 19.1 Å². The Morgan fingerprint density at radius 2 is 1.57 bits per heavy atom. The summed E-state index contributed by atoms with van der Waals surface area (Å²) in [5.41, 5.74) is 9.90. The van der Waals surface area contributed by atoms with Crippen molar-refractivity contribution in [1.82, 2.24) is 4.31 Å². The lowest BCUT2D eigenvalue weighted by atomic mass is 10.1. The normalized spacial score (nSPS) is 15.1. The van der Waals surface area contributed by atoms with E-state index in [-0.39, 0.29) is 0 Å². The van der Waals surface area contributed by atoms with Crippen LogP contribution in [0.2, 0.25) is 0 Å². The van der Waals surface area contributed by atoms with Crippen molar-refractivity contribution in [3.05, 3.63) is 58.7 Å². The van der Waals surface area contributed by atoms with E-state index >= 15 is 0 Å². The first-order valence-electron chi connectivity index (χ1n) is 6.84. The number of aryl methyl sites for hydroxylation is 1. The van der Waals surface area contributed by atoms with Gasteiger partial charge in [-0.1, -0.05) is 30.3 Å². The van der Waals surface area contributed by atoms with Gasteiger partial charge in [-0.3, -0.25) is 0 Å². The van der Waals surface area contributed by atoms with Gasteiger partial charge in [-0.05, 0) is 42.2 Å². The Balaban J connectivity index is 2.06. The molecule has 110 valence electrons. The van der Waals surface area contributed by atoms with E-state index in [0.29, 0.717) is 29.2 Å². The van der Waals surface area contributed by atoms with Gasteiger partial charge in [-0.2, -0.15) is 4.31 Å². The molecule has 0 spiro atoms. The third-order valence-corrected chi connectivity index (χ3v) is 6.14. The maximum absolute atomic E-state index is 13.0. The van der Waals surface area contributed by atoms with E-state index in [4.69, 9.17) is 5.73 Å². The number of nitrogen functional groups attached to an aromatic ring is 1. The van der Waals surface area contributed by atoms with E-state index in [0.717, 1.165) is 16.7 Å². The van der Waals surface area contributed by atoms with Crippen molar-refractivity contribution in [2.45, 2.75) is 31.8 Å². The molecule has 0 saturated heterocycles. The SMILES string of the molecule is Cc1ccc(N)c(C)c1S(=O)(=O)N1Cc2ccccc2C1. The van der Waals surface area contributed by atoms with Crippen molar-refractivity contribution in [3.8, 4) is 0 Å². The minimum Gasteiger partial charge on any atom is -0.398 e. The number of rotatable bonds is 2. The van der Waals surface area contributed by atoms with Gasteiger partial charge in [0.05, 0.1) is 4.90 Å². The molecule has 0 unspecified atom stereocenters. The fraction of sp³-hybridized carbons (Fsp3) is 0.250. The van der Waals surface area contributed by atoms with Crippen LogP contribution in [0.5, 0.6) is 0 Å². The molecule has 0 amide bonds. The molecular weight excluding hydrogens is 284 g/mol. The number of sulfonamides is 1. The first-order chi connectivity index (χ1) is 9.91. The van der Waals surface area contributed by atoms with Crippen LogP contribution in [0, 0.1) is 13.8 Å². The van der Waals surface area contributed by atoms with Crippen LogP contribution in [0.25, 0.3) is 0 Å². The van der Waals surface area contributed by atoms with Crippen LogP contribution < -0.4 is 5.73 Å². The number of benzene rings is 2. The summed E-state index contributed by atoms with van der Waals surface area (Å²) in [5, 5.41) is 0. The summed E-state index contributed by atoms with van der Waals surface area (Å²) < 4.78 is 27.5. The summed E-state index contributed by atoms with van der Waals surface area (Å²) in [6.07, 6.45) is 0. The van der Waals surface area contributed by atoms with Crippen molar-refractivity contribution >= 4 is 15.7 Å². The van der Waals surface area contributed by atoms with Gasteiger partial charge in [0, 0.05) is 18.8 Å². The summed E-state index contributed by atoms with van der Waals surface area (Å²) in [4.78, 5) is 0.343. The largest absolute Gasteiger partial charge is 0.398 e. The third-order valence-electron chi connectivity index (χ3n) is 4.05. The van der Waals surface area contributed by atoms with Gasteiger partial charge in [0.2, 0.25) is 10.0 Å². The standard InChI is InChI=1S/C16H18N2O2S/c1-11-7-8-15(17)12(2)16(11)21(19,20)18-9-13-5-3-4-6-14(13)10-18/h3-8H,9-10,17H2,1-2H3. The minimum atomic E-state index is -3.54. The Morgan fingerprint density at radius 3 is 2.14 bits per heavy atom. The fourth-order valence-corrected chi connectivity index (χ4v) is 4.70. The molecular formula is C16H18N2O2S. The molecule has 4 nitrogen and oxygen atoms in total. The number of fused-ring (bicyclic) bond motifs is 1. The molecule has 2 aromatic rings. The molecule has 5 heteroatoms.